The van der Waals surface area contributed by atoms with Gasteiger partial charge in [-0.2, -0.15) is 0 Å². The highest BCUT2D eigenvalue weighted by Crippen LogP contribution is 2.29. The summed E-state index contributed by atoms with van der Waals surface area (Å²) >= 11 is 2.02. The average Bonchev–Trinajstić information content (AvgIpc) is 2.93. The van der Waals surface area contributed by atoms with Crippen LogP contribution >= 0.6 is 11.8 Å². The van der Waals surface area contributed by atoms with Crippen LogP contribution in [0.3, 0.4) is 0 Å². The minimum Gasteiger partial charge on any atom is -0.301 e. The Bertz CT molecular complexity index is 327. The minimum absolute atomic E-state index is 0.531. The Morgan fingerprint density at radius 3 is 2.56 bits per heavy atom. The van der Waals surface area contributed by atoms with E-state index in [2.05, 4.69) is 36.5 Å². The van der Waals surface area contributed by atoms with Crippen molar-refractivity contribution >= 4 is 11.8 Å². The maximum Gasteiger partial charge on any atom is 0.0790 e. The summed E-state index contributed by atoms with van der Waals surface area (Å²) in [6.07, 6.45) is 8.10. The van der Waals surface area contributed by atoms with Gasteiger partial charge < -0.3 is 5.32 Å². The molecule has 18 heavy (non-hydrogen) atoms. The summed E-state index contributed by atoms with van der Waals surface area (Å²) < 4.78 is 0. The molecule has 1 N–H and O–H groups in total. The molecule has 100 valence electrons. The lowest BCUT2D eigenvalue weighted by Gasteiger charge is -2.10. The number of nitrogens with one attached hydrogen (secondary N) is 1. The van der Waals surface area contributed by atoms with E-state index >= 15 is 0 Å². The van der Waals surface area contributed by atoms with Crippen LogP contribution in [-0.4, -0.2) is 12.3 Å². The molecular formula is C16H25NS. The standard InChI is InChI=1S/C16H25NS/c1-2-3-4-5-6-7-14-8-10-15(11-9-14)16-17-12-13-18-16/h8-11,16-17H,2-7,12-13H2,1H3/t16-/m1/s1. The predicted octanol–water partition coefficient (Wildman–Crippen LogP) is 4.53. The van der Waals surface area contributed by atoms with E-state index in [0.717, 1.165) is 6.54 Å². The van der Waals surface area contributed by atoms with Crippen LogP contribution in [0, 0.1) is 0 Å². The maximum absolute atomic E-state index is 3.52. The van der Waals surface area contributed by atoms with Gasteiger partial charge in [-0.25, -0.2) is 0 Å². The first kappa shape index (κ1) is 14.0. The smallest absolute Gasteiger partial charge is 0.0790 e. The number of rotatable bonds is 7. The molecule has 1 aliphatic rings. The molecule has 1 saturated heterocycles. The van der Waals surface area contributed by atoms with Crippen molar-refractivity contribution in [1.29, 1.82) is 0 Å². The second kappa shape index (κ2) is 7.85. The summed E-state index contributed by atoms with van der Waals surface area (Å²) in [5.74, 6) is 1.24. The molecule has 0 radical (unpaired) electrons. The Kier molecular flexibility index (Phi) is 6.09. The monoisotopic (exact) mass is 263 g/mol. The van der Waals surface area contributed by atoms with Crippen LogP contribution in [0.5, 0.6) is 0 Å². The van der Waals surface area contributed by atoms with Gasteiger partial charge in [0.15, 0.2) is 0 Å². The van der Waals surface area contributed by atoms with Crippen LogP contribution in [0.4, 0.5) is 0 Å². The Labute approximate surface area is 116 Å². The van der Waals surface area contributed by atoms with Crippen molar-refractivity contribution in [1.82, 2.24) is 5.32 Å². The molecule has 0 bridgehead atoms. The molecule has 0 spiro atoms. The average molecular weight is 263 g/mol. The zero-order chi connectivity index (χ0) is 12.6. The number of hydrogen-bond donors (Lipinski definition) is 1. The third-order valence-corrected chi connectivity index (χ3v) is 4.78. The maximum atomic E-state index is 3.52. The quantitative estimate of drug-likeness (QED) is 0.725. The Morgan fingerprint density at radius 1 is 1.11 bits per heavy atom. The van der Waals surface area contributed by atoms with Gasteiger partial charge >= 0.3 is 0 Å². The van der Waals surface area contributed by atoms with Gasteiger partial charge in [0.1, 0.15) is 0 Å². The highest BCUT2D eigenvalue weighted by molar-refractivity contribution is 7.99. The Hall–Kier alpha value is -0.470. The zero-order valence-electron chi connectivity index (χ0n) is 11.5. The summed E-state index contributed by atoms with van der Waals surface area (Å²) in [5, 5.41) is 4.05. The van der Waals surface area contributed by atoms with Crippen molar-refractivity contribution in [3.05, 3.63) is 35.4 Å². The second-order valence-corrected chi connectivity index (χ2v) is 6.32. The molecule has 0 aromatic heterocycles. The van der Waals surface area contributed by atoms with Crippen molar-refractivity contribution < 1.29 is 0 Å². The van der Waals surface area contributed by atoms with Crippen LogP contribution in [0.1, 0.15) is 55.5 Å². The van der Waals surface area contributed by atoms with Gasteiger partial charge in [0.05, 0.1) is 5.37 Å². The van der Waals surface area contributed by atoms with Crippen molar-refractivity contribution in [3.8, 4) is 0 Å². The van der Waals surface area contributed by atoms with Gasteiger partial charge in [0.25, 0.3) is 0 Å². The molecule has 1 aliphatic heterocycles. The normalized spacial score (nSPS) is 19.3. The lowest BCUT2D eigenvalue weighted by molar-refractivity contribution is 0.632. The molecular weight excluding hydrogens is 238 g/mol. The second-order valence-electron chi connectivity index (χ2n) is 5.11. The van der Waals surface area contributed by atoms with Gasteiger partial charge in [-0.3, -0.25) is 0 Å². The van der Waals surface area contributed by atoms with Gasteiger partial charge in [-0.15, -0.1) is 11.8 Å². The van der Waals surface area contributed by atoms with Gasteiger partial charge in [-0.1, -0.05) is 56.9 Å². The van der Waals surface area contributed by atoms with Gasteiger partial charge in [0.2, 0.25) is 0 Å². The van der Waals surface area contributed by atoms with E-state index in [1.807, 2.05) is 11.8 Å². The number of unbranched alkanes of at least 4 members (excludes halogenated alkanes) is 4. The van der Waals surface area contributed by atoms with E-state index < -0.39 is 0 Å². The molecule has 1 aromatic rings. The van der Waals surface area contributed by atoms with Crippen molar-refractivity contribution in [2.24, 2.45) is 0 Å². The first-order valence-corrected chi connectivity index (χ1v) is 8.39. The van der Waals surface area contributed by atoms with E-state index in [9.17, 15) is 0 Å². The third-order valence-electron chi connectivity index (χ3n) is 3.57. The van der Waals surface area contributed by atoms with Crippen molar-refractivity contribution in [3.63, 3.8) is 0 Å². The lowest BCUT2D eigenvalue weighted by Crippen LogP contribution is -2.11. The highest BCUT2D eigenvalue weighted by atomic mass is 32.2. The molecule has 0 unspecified atom stereocenters. The lowest BCUT2D eigenvalue weighted by atomic mass is 10.0. The van der Waals surface area contributed by atoms with Gasteiger partial charge in [0, 0.05) is 12.3 Å². The third kappa shape index (κ3) is 4.33. The fraction of sp³-hybridized carbons (Fsp3) is 0.625. The van der Waals surface area contributed by atoms with Crippen LogP contribution in [0.2, 0.25) is 0 Å². The highest BCUT2D eigenvalue weighted by Gasteiger charge is 2.15. The first-order chi connectivity index (χ1) is 8.90. The fourth-order valence-corrected chi connectivity index (χ4v) is 3.49. The molecule has 2 rings (SSSR count). The Morgan fingerprint density at radius 2 is 1.89 bits per heavy atom. The van der Waals surface area contributed by atoms with Crippen molar-refractivity contribution in [2.45, 2.75) is 50.8 Å². The van der Waals surface area contributed by atoms with E-state index in [-0.39, 0.29) is 0 Å². The molecule has 1 heterocycles. The fourth-order valence-electron chi connectivity index (χ4n) is 2.43. The number of hydrogen-bond acceptors (Lipinski definition) is 2. The number of benzene rings is 1. The Balaban J connectivity index is 1.73. The summed E-state index contributed by atoms with van der Waals surface area (Å²) in [4.78, 5) is 0. The molecule has 0 aliphatic carbocycles. The SMILES string of the molecule is CCCCCCCc1ccc([C@@H]2NCCS2)cc1. The molecule has 1 nitrogen and oxygen atoms in total. The molecule has 2 heteroatoms. The molecule has 1 fully saturated rings. The van der Waals surface area contributed by atoms with Crippen LogP contribution in [-0.2, 0) is 6.42 Å². The minimum atomic E-state index is 0.531. The molecule has 1 aromatic carbocycles. The van der Waals surface area contributed by atoms with E-state index in [1.54, 1.807) is 0 Å². The van der Waals surface area contributed by atoms with Crippen LogP contribution in [0.15, 0.2) is 24.3 Å². The summed E-state index contributed by atoms with van der Waals surface area (Å²) in [6.45, 7) is 3.42. The molecule has 0 amide bonds. The summed E-state index contributed by atoms with van der Waals surface area (Å²) in [5.41, 5.74) is 2.94. The summed E-state index contributed by atoms with van der Waals surface area (Å²) in [7, 11) is 0. The zero-order valence-corrected chi connectivity index (χ0v) is 12.3. The predicted molar refractivity (Wildman–Crippen MR) is 82.1 cm³/mol. The van der Waals surface area contributed by atoms with E-state index in [4.69, 9.17) is 0 Å². The topological polar surface area (TPSA) is 12.0 Å². The molecule has 1 atom stereocenters. The number of aryl methyl sites for hydroxylation is 1. The van der Waals surface area contributed by atoms with E-state index in [0.29, 0.717) is 5.37 Å². The largest absolute Gasteiger partial charge is 0.301 e. The van der Waals surface area contributed by atoms with Crippen LogP contribution < -0.4 is 5.32 Å². The van der Waals surface area contributed by atoms with Crippen LogP contribution in [0.25, 0.3) is 0 Å². The van der Waals surface area contributed by atoms with E-state index in [1.165, 1.54) is 55.4 Å². The van der Waals surface area contributed by atoms with Crippen molar-refractivity contribution in [2.75, 3.05) is 12.3 Å². The first-order valence-electron chi connectivity index (χ1n) is 7.34. The summed E-state index contributed by atoms with van der Waals surface area (Å²) in [6, 6.07) is 9.24. The van der Waals surface area contributed by atoms with Gasteiger partial charge in [-0.05, 0) is 24.0 Å². The number of thioether (sulfide) groups is 1. The molecule has 0 saturated carbocycles.